The average Bonchev–Trinajstić information content (AvgIpc) is 2.80. The first kappa shape index (κ1) is 13.9. The van der Waals surface area contributed by atoms with Crippen LogP contribution in [0.5, 0.6) is 5.75 Å². The van der Waals surface area contributed by atoms with E-state index in [4.69, 9.17) is 4.74 Å². The molecule has 1 heterocycles. The van der Waals surface area contributed by atoms with Crippen LogP contribution in [0.1, 0.15) is 31.7 Å². The van der Waals surface area contributed by atoms with Crippen molar-refractivity contribution in [2.75, 3.05) is 20.2 Å². The fourth-order valence-corrected chi connectivity index (χ4v) is 3.11. The van der Waals surface area contributed by atoms with Gasteiger partial charge in [0.05, 0.1) is 7.11 Å². The summed E-state index contributed by atoms with van der Waals surface area (Å²) in [4.78, 5) is 2.56. The lowest BCUT2D eigenvalue weighted by atomic mass is 10.0. The van der Waals surface area contributed by atoms with Crippen molar-refractivity contribution in [3.8, 4) is 5.75 Å². The Balaban J connectivity index is 1.97. The van der Waals surface area contributed by atoms with E-state index in [1.165, 1.54) is 42.4 Å². The molecule has 1 aromatic rings. The molecule has 0 aromatic heterocycles. The van der Waals surface area contributed by atoms with Crippen molar-refractivity contribution in [3.05, 3.63) is 28.2 Å². The van der Waals surface area contributed by atoms with E-state index in [-0.39, 0.29) is 0 Å². The van der Waals surface area contributed by atoms with Gasteiger partial charge in [-0.25, -0.2) is 0 Å². The second-order valence-electron chi connectivity index (χ2n) is 5.14. The van der Waals surface area contributed by atoms with Crippen molar-refractivity contribution in [2.45, 2.75) is 32.7 Å². The Bertz CT molecular complexity index is 394. The summed E-state index contributed by atoms with van der Waals surface area (Å²) in [6.45, 7) is 5.78. The van der Waals surface area contributed by atoms with Gasteiger partial charge in [0.15, 0.2) is 0 Å². The second-order valence-corrected chi connectivity index (χ2v) is 5.99. The summed E-state index contributed by atoms with van der Waals surface area (Å²) in [5.74, 6) is 1.84. The minimum Gasteiger partial charge on any atom is -0.497 e. The Hall–Kier alpha value is -0.540. The van der Waals surface area contributed by atoms with E-state index in [0.29, 0.717) is 0 Å². The topological polar surface area (TPSA) is 12.5 Å². The van der Waals surface area contributed by atoms with Crippen LogP contribution in [0.15, 0.2) is 22.7 Å². The van der Waals surface area contributed by atoms with Crippen LogP contribution in [0.4, 0.5) is 0 Å². The molecule has 1 fully saturated rings. The molecule has 1 aromatic carbocycles. The van der Waals surface area contributed by atoms with Gasteiger partial charge in [0.1, 0.15) is 5.75 Å². The number of hydrogen-bond donors (Lipinski definition) is 0. The van der Waals surface area contributed by atoms with Gasteiger partial charge in [-0.3, -0.25) is 4.90 Å². The summed E-state index contributed by atoms with van der Waals surface area (Å²) in [6, 6.07) is 6.21. The van der Waals surface area contributed by atoms with Gasteiger partial charge in [0.25, 0.3) is 0 Å². The maximum absolute atomic E-state index is 5.29. The lowest BCUT2D eigenvalue weighted by molar-refractivity contribution is 0.311. The first-order valence-electron chi connectivity index (χ1n) is 6.77. The normalized spacial score (nSPS) is 20.3. The Labute approximate surface area is 118 Å². The number of nitrogens with zero attached hydrogens (tertiary/aromatic N) is 1. The van der Waals surface area contributed by atoms with Crippen LogP contribution < -0.4 is 4.74 Å². The Morgan fingerprint density at radius 1 is 1.44 bits per heavy atom. The van der Waals surface area contributed by atoms with Crippen molar-refractivity contribution in [1.29, 1.82) is 0 Å². The first-order chi connectivity index (χ1) is 8.72. The highest BCUT2D eigenvalue weighted by Gasteiger charge is 2.22. The maximum atomic E-state index is 5.29. The monoisotopic (exact) mass is 311 g/mol. The van der Waals surface area contributed by atoms with Crippen molar-refractivity contribution >= 4 is 15.9 Å². The summed E-state index contributed by atoms with van der Waals surface area (Å²) < 4.78 is 6.48. The molecule has 0 N–H and O–H groups in total. The van der Waals surface area contributed by atoms with Gasteiger partial charge in [-0.2, -0.15) is 0 Å². The fourth-order valence-electron chi connectivity index (χ4n) is 2.74. The molecule has 0 bridgehead atoms. The van der Waals surface area contributed by atoms with Gasteiger partial charge in [0.2, 0.25) is 0 Å². The van der Waals surface area contributed by atoms with Crippen LogP contribution in [-0.2, 0) is 6.54 Å². The molecule has 1 aliphatic heterocycles. The summed E-state index contributed by atoms with van der Waals surface area (Å²) in [6.07, 6.45) is 4.03. The fraction of sp³-hybridized carbons (Fsp3) is 0.600. The molecule has 0 spiro atoms. The molecular formula is C15H22BrNO. The van der Waals surface area contributed by atoms with E-state index in [9.17, 15) is 0 Å². The van der Waals surface area contributed by atoms with Gasteiger partial charge in [-0.05, 0) is 49.1 Å². The largest absolute Gasteiger partial charge is 0.497 e. The van der Waals surface area contributed by atoms with Crippen LogP contribution in [-0.4, -0.2) is 25.1 Å². The highest BCUT2D eigenvalue weighted by molar-refractivity contribution is 9.10. The minimum absolute atomic E-state index is 0.902. The number of hydrogen-bond acceptors (Lipinski definition) is 2. The Morgan fingerprint density at radius 2 is 2.28 bits per heavy atom. The molecule has 0 saturated carbocycles. The first-order valence-corrected chi connectivity index (χ1v) is 7.57. The lowest BCUT2D eigenvalue weighted by Crippen LogP contribution is -2.20. The predicted molar refractivity (Wildman–Crippen MR) is 79.0 cm³/mol. The number of benzene rings is 1. The molecule has 3 heteroatoms. The molecular weight excluding hydrogens is 290 g/mol. The molecule has 0 aliphatic carbocycles. The number of rotatable bonds is 5. The minimum atomic E-state index is 0.902. The highest BCUT2D eigenvalue weighted by atomic mass is 79.9. The Kier molecular flexibility index (Phi) is 5.07. The molecule has 1 aliphatic rings. The third-order valence-corrected chi connectivity index (χ3v) is 4.49. The lowest BCUT2D eigenvalue weighted by Gasteiger charge is -2.17. The van der Waals surface area contributed by atoms with Crippen LogP contribution in [0, 0.1) is 5.92 Å². The SMILES string of the molecule is CCCC1CCN(Cc2cc(OC)ccc2Br)C1. The molecule has 0 radical (unpaired) electrons. The van der Waals surface area contributed by atoms with Gasteiger partial charge in [0, 0.05) is 17.6 Å². The summed E-state index contributed by atoms with van der Waals surface area (Å²) in [7, 11) is 1.72. The summed E-state index contributed by atoms with van der Waals surface area (Å²) in [5, 5.41) is 0. The molecule has 18 heavy (non-hydrogen) atoms. The summed E-state index contributed by atoms with van der Waals surface area (Å²) in [5.41, 5.74) is 1.33. The van der Waals surface area contributed by atoms with Crippen molar-refractivity contribution in [3.63, 3.8) is 0 Å². The third-order valence-electron chi connectivity index (χ3n) is 3.71. The maximum Gasteiger partial charge on any atom is 0.119 e. The third kappa shape index (κ3) is 3.48. The molecule has 100 valence electrons. The van der Waals surface area contributed by atoms with Gasteiger partial charge < -0.3 is 4.74 Å². The predicted octanol–water partition coefficient (Wildman–Crippen LogP) is 4.08. The zero-order valence-corrected chi connectivity index (χ0v) is 12.9. The van der Waals surface area contributed by atoms with E-state index in [0.717, 1.165) is 18.2 Å². The van der Waals surface area contributed by atoms with Gasteiger partial charge >= 0.3 is 0 Å². The van der Waals surface area contributed by atoms with E-state index in [1.54, 1.807) is 7.11 Å². The number of likely N-dealkylation sites (tertiary alicyclic amines) is 1. The zero-order chi connectivity index (χ0) is 13.0. The van der Waals surface area contributed by atoms with Gasteiger partial charge in [-0.15, -0.1) is 0 Å². The number of halogens is 1. The van der Waals surface area contributed by atoms with E-state index >= 15 is 0 Å². The number of ether oxygens (including phenoxy) is 1. The Morgan fingerprint density at radius 3 is 3.00 bits per heavy atom. The highest BCUT2D eigenvalue weighted by Crippen LogP contribution is 2.27. The standard InChI is InChI=1S/C15H22BrNO/c1-3-4-12-7-8-17(10-12)11-13-9-14(18-2)5-6-15(13)16/h5-6,9,12H,3-4,7-8,10-11H2,1-2H3. The van der Waals surface area contributed by atoms with Crippen LogP contribution in [0.3, 0.4) is 0 Å². The van der Waals surface area contributed by atoms with Crippen molar-refractivity contribution in [1.82, 2.24) is 4.90 Å². The van der Waals surface area contributed by atoms with E-state index in [2.05, 4.69) is 39.9 Å². The molecule has 1 saturated heterocycles. The summed E-state index contributed by atoms with van der Waals surface area (Å²) >= 11 is 3.63. The molecule has 1 unspecified atom stereocenters. The second kappa shape index (κ2) is 6.58. The smallest absolute Gasteiger partial charge is 0.119 e. The van der Waals surface area contributed by atoms with Crippen molar-refractivity contribution < 1.29 is 4.74 Å². The van der Waals surface area contributed by atoms with Crippen LogP contribution in [0.2, 0.25) is 0 Å². The van der Waals surface area contributed by atoms with E-state index in [1.807, 2.05) is 6.07 Å². The van der Waals surface area contributed by atoms with Gasteiger partial charge in [-0.1, -0.05) is 29.3 Å². The number of methoxy groups -OCH3 is 1. The van der Waals surface area contributed by atoms with Crippen molar-refractivity contribution in [2.24, 2.45) is 5.92 Å². The molecule has 2 rings (SSSR count). The quantitative estimate of drug-likeness (QED) is 0.812. The molecule has 0 amide bonds. The van der Waals surface area contributed by atoms with E-state index < -0.39 is 0 Å². The van der Waals surface area contributed by atoms with Crippen LogP contribution in [0.25, 0.3) is 0 Å². The molecule has 2 nitrogen and oxygen atoms in total. The van der Waals surface area contributed by atoms with Crippen LogP contribution >= 0.6 is 15.9 Å². The molecule has 1 atom stereocenters. The zero-order valence-electron chi connectivity index (χ0n) is 11.3. The average molecular weight is 312 g/mol.